The molecular formula is C24H19F3O4. The summed E-state index contributed by atoms with van der Waals surface area (Å²) in [4.78, 5) is 10.7. The number of aliphatic carboxylic acids is 1. The van der Waals surface area contributed by atoms with Crippen LogP contribution in [0.3, 0.4) is 0 Å². The van der Waals surface area contributed by atoms with Crippen LogP contribution in [-0.4, -0.2) is 17.7 Å². The Balaban J connectivity index is 1.48. The quantitative estimate of drug-likeness (QED) is 0.463. The largest absolute Gasteiger partial charge is 0.490 e. The molecule has 0 fully saturated rings. The molecule has 0 aromatic heterocycles. The normalized spacial score (nSPS) is 11.5. The molecule has 1 N–H and O–H groups in total. The van der Waals surface area contributed by atoms with Crippen molar-refractivity contribution in [2.45, 2.75) is 12.6 Å². The van der Waals surface area contributed by atoms with Gasteiger partial charge in [0.15, 0.2) is 0 Å². The Morgan fingerprint density at radius 2 is 1.39 bits per heavy atom. The summed E-state index contributed by atoms with van der Waals surface area (Å²) in [5, 5.41) is 8.78. The molecule has 0 aliphatic heterocycles. The van der Waals surface area contributed by atoms with Gasteiger partial charge >= 0.3 is 12.1 Å². The summed E-state index contributed by atoms with van der Waals surface area (Å²) in [5.74, 6) is 0.903. The van der Waals surface area contributed by atoms with Crippen molar-refractivity contribution in [3.63, 3.8) is 0 Å². The number of rotatable bonds is 8. The maximum absolute atomic E-state index is 12.6. The zero-order valence-corrected chi connectivity index (χ0v) is 16.3. The molecule has 0 amide bonds. The lowest BCUT2D eigenvalue weighted by atomic mass is 10.1. The number of alkyl halides is 3. The molecule has 160 valence electrons. The summed E-state index contributed by atoms with van der Waals surface area (Å²) in [6, 6.07) is 18.6. The number of carboxylic acids is 1. The molecule has 0 saturated heterocycles. The first-order valence-corrected chi connectivity index (χ1v) is 9.35. The van der Waals surface area contributed by atoms with E-state index < -0.39 is 17.7 Å². The van der Waals surface area contributed by atoms with Crippen LogP contribution in [0.5, 0.6) is 17.2 Å². The third kappa shape index (κ3) is 6.92. The second-order valence-electron chi connectivity index (χ2n) is 6.62. The molecule has 0 spiro atoms. The second-order valence-corrected chi connectivity index (χ2v) is 6.62. The minimum absolute atomic E-state index is 0.0420. The first kappa shape index (κ1) is 22.0. The molecule has 0 atom stereocenters. The highest BCUT2D eigenvalue weighted by Crippen LogP contribution is 2.29. The van der Waals surface area contributed by atoms with E-state index in [9.17, 15) is 18.0 Å². The van der Waals surface area contributed by atoms with Crippen LogP contribution in [0.4, 0.5) is 13.2 Å². The molecule has 0 unspecified atom stereocenters. The first-order chi connectivity index (χ1) is 14.8. The fourth-order valence-electron chi connectivity index (χ4n) is 2.70. The van der Waals surface area contributed by atoms with E-state index in [1.165, 1.54) is 12.1 Å². The Morgan fingerprint density at radius 1 is 0.839 bits per heavy atom. The van der Waals surface area contributed by atoms with Gasteiger partial charge in [-0.15, -0.1) is 0 Å². The van der Waals surface area contributed by atoms with Gasteiger partial charge in [-0.3, -0.25) is 4.79 Å². The van der Waals surface area contributed by atoms with E-state index >= 15 is 0 Å². The summed E-state index contributed by atoms with van der Waals surface area (Å²) in [6.45, 7) is 0.256. The number of hydrogen-bond acceptors (Lipinski definition) is 3. The van der Waals surface area contributed by atoms with Crippen LogP contribution in [-0.2, 0) is 17.4 Å². The Bertz CT molecular complexity index is 1020. The van der Waals surface area contributed by atoms with Crippen molar-refractivity contribution in [3.8, 4) is 17.2 Å². The Hall–Kier alpha value is -3.74. The molecule has 7 heteroatoms. The third-order valence-corrected chi connectivity index (χ3v) is 4.23. The predicted molar refractivity (Wildman–Crippen MR) is 110 cm³/mol. The van der Waals surface area contributed by atoms with Gasteiger partial charge in [0, 0.05) is 0 Å². The first-order valence-electron chi connectivity index (χ1n) is 9.35. The minimum Gasteiger partial charge on any atom is -0.490 e. The lowest BCUT2D eigenvalue weighted by Crippen LogP contribution is -2.03. The summed E-state index contributed by atoms with van der Waals surface area (Å²) in [5.41, 5.74) is 0.655. The van der Waals surface area contributed by atoms with E-state index in [0.717, 1.165) is 12.1 Å². The van der Waals surface area contributed by atoms with Crippen LogP contribution in [0, 0.1) is 0 Å². The van der Waals surface area contributed by atoms with Crippen LogP contribution in [0.15, 0.2) is 78.9 Å². The van der Waals surface area contributed by atoms with E-state index in [0.29, 0.717) is 28.4 Å². The van der Waals surface area contributed by atoms with Gasteiger partial charge in [0.05, 0.1) is 12.0 Å². The molecule has 0 aliphatic carbocycles. The molecule has 3 rings (SSSR count). The van der Waals surface area contributed by atoms with Crippen molar-refractivity contribution in [1.29, 1.82) is 0 Å². The number of carbonyl (C=O) groups is 1. The molecule has 4 nitrogen and oxygen atoms in total. The number of ether oxygens (including phenoxy) is 2. The molecule has 0 heterocycles. The van der Waals surface area contributed by atoms with Crippen LogP contribution in [0.2, 0.25) is 0 Å². The van der Waals surface area contributed by atoms with Gasteiger partial charge in [0.25, 0.3) is 0 Å². The lowest BCUT2D eigenvalue weighted by molar-refractivity contribution is -0.138. The molecule has 3 aromatic rings. The fourth-order valence-corrected chi connectivity index (χ4v) is 2.70. The van der Waals surface area contributed by atoms with Crippen molar-refractivity contribution in [2.24, 2.45) is 0 Å². The Labute approximate surface area is 177 Å². The smallest absolute Gasteiger partial charge is 0.416 e. The maximum atomic E-state index is 12.6. The molecule has 0 bridgehead atoms. The average Bonchev–Trinajstić information content (AvgIpc) is 2.73. The highest BCUT2D eigenvalue weighted by Gasteiger charge is 2.29. The van der Waals surface area contributed by atoms with Crippen molar-refractivity contribution in [1.82, 2.24) is 0 Å². The molecule has 0 aliphatic rings. The summed E-state index contributed by atoms with van der Waals surface area (Å²) >= 11 is 0. The van der Waals surface area contributed by atoms with Gasteiger partial charge in [-0.1, -0.05) is 30.3 Å². The van der Waals surface area contributed by atoms with E-state index in [1.807, 2.05) is 0 Å². The SMILES string of the molecule is O=C(O)Cc1ccc(Oc2ccc(OC/C=C/c3ccc(C(F)(F)F)cc3)cc2)cc1. The summed E-state index contributed by atoms with van der Waals surface area (Å²) in [6.07, 6.45) is -0.984. The summed E-state index contributed by atoms with van der Waals surface area (Å²) in [7, 11) is 0. The predicted octanol–water partition coefficient (Wildman–Crippen LogP) is 6.22. The van der Waals surface area contributed by atoms with Gasteiger partial charge in [-0.05, 0) is 65.7 Å². The minimum atomic E-state index is -4.34. The Kier molecular flexibility index (Phi) is 6.97. The molecule has 31 heavy (non-hydrogen) atoms. The van der Waals surface area contributed by atoms with Crippen LogP contribution in [0.25, 0.3) is 6.08 Å². The van der Waals surface area contributed by atoms with E-state index in [-0.39, 0.29) is 13.0 Å². The molecule has 3 aromatic carbocycles. The highest BCUT2D eigenvalue weighted by molar-refractivity contribution is 5.70. The van der Waals surface area contributed by atoms with Crippen molar-refractivity contribution < 1.29 is 32.5 Å². The zero-order valence-electron chi connectivity index (χ0n) is 16.3. The zero-order chi connectivity index (χ0) is 22.3. The van der Waals surface area contributed by atoms with Crippen molar-refractivity contribution in [2.75, 3.05) is 6.61 Å². The number of hydrogen-bond donors (Lipinski definition) is 1. The van der Waals surface area contributed by atoms with E-state index in [1.54, 1.807) is 60.7 Å². The molecule has 0 radical (unpaired) electrons. The van der Waals surface area contributed by atoms with Crippen LogP contribution in [0.1, 0.15) is 16.7 Å². The van der Waals surface area contributed by atoms with Crippen LogP contribution < -0.4 is 9.47 Å². The number of benzene rings is 3. The maximum Gasteiger partial charge on any atom is 0.416 e. The number of halogens is 3. The van der Waals surface area contributed by atoms with Gasteiger partial charge < -0.3 is 14.6 Å². The molecule has 0 saturated carbocycles. The average molecular weight is 428 g/mol. The molecular weight excluding hydrogens is 409 g/mol. The fraction of sp³-hybridized carbons (Fsp3) is 0.125. The standard InChI is InChI=1S/C24H19F3O4/c25-24(26,27)19-7-3-17(4-8-19)2-1-15-30-20-11-13-22(14-12-20)31-21-9-5-18(6-10-21)16-23(28)29/h1-14H,15-16H2,(H,28,29)/b2-1+. The van der Waals surface area contributed by atoms with E-state index in [2.05, 4.69) is 0 Å². The lowest BCUT2D eigenvalue weighted by Gasteiger charge is -2.08. The Morgan fingerprint density at radius 3 is 1.94 bits per heavy atom. The van der Waals surface area contributed by atoms with Gasteiger partial charge in [-0.2, -0.15) is 13.2 Å². The van der Waals surface area contributed by atoms with Crippen molar-refractivity contribution in [3.05, 3.63) is 95.6 Å². The van der Waals surface area contributed by atoms with Gasteiger partial charge in [0.2, 0.25) is 0 Å². The van der Waals surface area contributed by atoms with Gasteiger partial charge in [-0.25, -0.2) is 0 Å². The third-order valence-electron chi connectivity index (χ3n) is 4.23. The van der Waals surface area contributed by atoms with Crippen molar-refractivity contribution >= 4 is 12.0 Å². The highest BCUT2D eigenvalue weighted by atomic mass is 19.4. The number of carboxylic acid groups (broad SMARTS) is 1. The monoisotopic (exact) mass is 428 g/mol. The van der Waals surface area contributed by atoms with E-state index in [4.69, 9.17) is 14.6 Å². The van der Waals surface area contributed by atoms with Crippen LogP contribution >= 0.6 is 0 Å². The van der Waals surface area contributed by atoms with Gasteiger partial charge in [0.1, 0.15) is 23.9 Å². The summed E-state index contributed by atoms with van der Waals surface area (Å²) < 4.78 is 49.0. The topological polar surface area (TPSA) is 55.8 Å². The second kappa shape index (κ2) is 9.84.